The Morgan fingerprint density at radius 3 is 2.33 bits per heavy atom. The number of benzene rings is 3. The van der Waals surface area contributed by atoms with Crippen molar-refractivity contribution in [1.29, 1.82) is 0 Å². The van der Waals surface area contributed by atoms with Gasteiger partial charge in [0.25, 0.3) is 0 Å². The second-order valence-corrected chi connectivity index (χ2v) is 8.45. The molecular weight excluding hydrogens is 404 g/mol. The highest BCUT2D eigenvalue weighted by molar-refractivity contribution is 6.15. The standard InChI is InChI=1S/C30H27N2O/c1-18(2)22-15-17-26(32(6)20(22)4)27-19(3)12-13-23-24-14-16-25(31-5)28(30(24)33-29(23)27)21-10-8-7-9-11-21/h7-18H,1-4,6H3/q+1/i1D3,18D. The molecule has 1 atom stereocenters. The first kappa shape index (κ1) is 16.7. The van der Waals surface area contributed by atoms with E-state index >= 15 is 0 Å². The summed E-state index contributed by atoms with van der Waals surface area (Å²) in [5.41, 5.74) is 7.52. The van der Waals surface area contributed by atoms with Crippen LogP contribution in [0.1, 0.15) is 42.0 Å². The van der Waals surface area contributed by atoms with Crippen molar-refractivity contribution in [2.75, 3.05) is 0 Å². The zero-order valence-electron chi connectivity index (χ0n) is 23.2. The number of aromatic nitrogens is 1. The lowest BCUT2D eigenvalue weighted by Gasteiger charge is -2.11. The van der Waals surface area contributed by atoms with Crippen LogP contribution in [0.15, 0.2) is 71.1 Å². The number of fused-ring (bicyclic) bond motifs is 3. The van der Waals surface area contributed by atoms with Crippen LogP contribution in [0, 0.1) is 20.4 Å². The molecule has 3 nitrogen and oxygen atoms in total. The van der Waals surface area contributed by atoms with Gasteiger partial charge in [0.1, 0.15) is 18.2 Å². The molecule has 0 aliphatic rings. The third-order valence-electron chi connectivity index (χ3n) is 6.50. The first-order chi connectivity index (χ1) is 17.5. The van der Waals surface area contributed by atoms with E-state index in [0.29, 0.717) is 28.1 Å². The summed E-state index contributed by atoms with van der Waals surface area (Å²) < 4.78 is 40.8. The lowest BCUT2D eigenvalue weighted by molar-refractivity contribution is -0.667. The minimum Gasteiger partial charge on any atom is -0.456 e. The summed E-state index contributed by atoms with van der Waals surface area (Å²) in [6.45, 7) is 10.6. The number of rotatable bonds is 3. The maximum absolute atomic E-state index is 8.60. The fourth-order valence-corrected chi connectivity index (χ4v) is 4.69. The molecule has 162 valence electrons. The fourth-order valence-electron chi connectivity index (χ4n) is 4.69. The number of pyridine rings is 1. The maximum Gasteiger partial charge on any atom is 0.216 e. The van der Waals surface area contributed by atoms with Gasteiger partial charge in [0.15, 0.2) is 11.4 Å². The molecule has 0 amide bonds. The molecule has 0 bridgehead atoms. The molecule has 2 heterocycles. The Bertz CT molecular complexity index is 1730. The molecule has 3 heteroatoms. The van der Waals surface area contributed by atoms with Gasteiger partial charge in [-0.15, -0.1) is 0 Å². The van der Waals surface area contributed by atoms with Crippen molar-refractivity contribution in [1.82, 2.24) is 0 Å². The Morgan fingerprint density at radius 1 is 0.939 bits per heavy atom. The van der Waals surface area contributed by atoms with Crippen molar-refractivity contribution in [3.8, 4) is 22.4 Å². The second kappa shape index (κ2) is 7.90. The largest absolute Gasteiger partial charge is 0.456 e. The molecule has 0 spiro atoms. The van der Waals surface area contributed by atoms with Gasteiger partial charge in [0.2, 0.25) is 5.69 Å². The van der Waals surface area contributed by atoms with Gasteiger partial charge in [-0.25, -0.2) is 4.85 Å². The predicted molar refractivity (Wildman–Crippen MR) is 136 cm³/mol. The van der Waals surface area contributed by atoms with E-state index in [9.17, 15) is 0 Å². The van der Waals surface area contributed by atoms with Crippen molar-refractivity contribution in [2.45, 2.75) is 33.5 Å². The van der Waals surface area contributed by atoms with Gasteiger partial charge in [-0.1, -0.05) is 68.4 Å². The molecule has 0 radical (unpaired) electrons. The van der Waals surface area contributed by atoms with Crippen LogP contribution >= 0.6 is 0 Å². The van der Waals surface area contributed by atoms with Gasteiger partial charge in [-0.05, 0) is 30.0 Å². The van der Waals surface area contributed by atoms with E-state index in [2.05, 4.69) is 10.9 Å². The average molecular weight is 436 g/mol. The normalized spacial score (nSPS) is 15.4. The lowest BCUT2D eigenvalue weighted by Crippen LogP contribution is -2.36. The molecule has 0 fully saturated rings. The van der Waals surface area contributed by atoms with E-state index in [1.807, 2.05) is 80.1 Å². The van der Waals surface area contributed by atoms with Gasteiger partial charge < -0.3 is 4.42 Å². The van der Waals surface area contributed by atoms with Crippen molar-refractivity contribution in [3.63, 3.8) is 0 Å². The molecule has 5 aromatic rings. The molecule has 0 saturated heterocycles. The third-order valence-corrected chi connectivity index (χ3v) is 6.50. The Hall–Kier alpha value is -3.90. The minimum atomic E-state index is -2.46. The number of nitrogens with zero attached hydrogens (tertiary/aromatic N) is 2. The quantitative estimate of drug-likeness (QED) is 0.208. The minimum absolute atomic E-state index is 0.459. The molecular formula is C30H27N2O+. The maximum atomic E-state index is 8.60. The topological polar surface area (TPSA) is 21.4 Å². The molecule has 1 unspecified atom stereocenters. The second-order valence-electron chi connectivity index (χ2n) is 8.45. The summed E-state index contributed by atoms with van der Waals surface area (Å²) in [6, 6.07) is 21.3. The molecule has 33 heavy (non-hydrogen) atoms. The van der Waals surface area contributed by atoms with Crippen LogP contribution in [0.25, 0.3) is 49.2 Å². The number of furan rings is 1. The number of hydrogen-bond acceptors (Lipinski definition) is 1. The van der Waals surface area contributed by atoms with E-state index < -0.39 is 12.7 Å². The summed E-state index contributed by atoms with van der Waals surface area (Å²) in [6.07, 6.45) is 0. The monoisotopic (exact) mass is 435 g/mol. The molecule has 5 rings (SSSR count). The Balaban J connectivity index is 1.82. The average Bonchev–Trinajstić information content (AvgIpc) is 3.23. The van der Waals surface area contributed by atoms with Gasteiger partial charge in [0, 0.05) is 40.4 Å². The van der Waals surface area contributed by atoms with Crippen molar-refractivity contribution < 1.29 is 14.5 Å². The van der Waals surface area contributed by atoms with Gasteiger partial charge in [-0.3, -0.25) is 0 Å². The predicted octanol–water partition coefficient (Wildman–Crippen LogP) is 8.04. The summed E-state index contributed by atoms with van der Waals surface area (Å²) >= 11 is 0. The van der Waals surface area contributed by atoms with Crippen LogP contribution in [-0.4, -0.2) is 0 Å². The van der Waals surface area contributed by atoms with Crippen LogP contribution in [-0.2, 0) is 7.05 Å². The van der Waals surface area contributed by atoms with E-state index in [1.165, 1.54) is 6.92 Å². The highest BCUT2D eigenvalue weighted by atomic mass is 16.3. The van der Waals surface area contributed by atoms with Crippen LogP contribution in [0.5, 0.6) is 0 Å². The first-order valence-electron chi connectivity index (χ1n) is 12.9. The molecule has 0 aliphatic heterocycles. The molecule has 0 saturated carbocycles. The van der Waals surface area contributed by atoms with E-state index in [1.54, 1.807) is 6.07 Å². The van der Waals surface area contributed by atoms with Crippen molar-refractivity contribution in [3.05, 3.63) is 95.0 Å². The van der Waals surface area contributed by atoms with Crippen LogP contribution in [0.3, 0.4) is 0 Å². The highest BCUT2D eigenvalue weighted by Crippen LogP contribution is 2.44. The Morgan fingerprint density at radius 2 is 1.64 bits per heavy atom. The zero-order valence-corrected chi connectivity index (χ0v) is 19.2. The van der Waals surface area contributed by atoms with Crippen LogP contribution < -0.4 is 4.57 Å². The molecule has 0 N–H and O–H groups in total. The summed E-state index contributed by atoms with van der Waals surface area (Å²) in [5, 5.41) is 1.87. The summed E-state index contributed by atoms with van der Waals surface area (Å²) in [5.74, 6) is -1.74. The van der Waals surface area contributed by atoms with Crippen molar-refractivity contribution in [2.24, 2.45) is 7.05 Å². The lowest BCUT2D eigenvalue weighted by atomic mass is 9.96. The van der Waals surface area contributed by atoms with Gasteiger partial charge in [0.05, 0.1) is 12.1 Å². The SMILES string of the molecule is [2H]C([2H])([2H])C([2H])(C)c1ccc(-c2c(C)ccc3c2oc2c(-c4ccccc4)c([N+]#[C-])ccc23)[n+](C)c1C. The first-order valence-corrected chi connectivity index (χ1v) is 10.9. The third kappa shape index (κ3) is 3.22. The van der Waals surface area contributed by atoms with Crippen LogP contribution in [0.4, 0.5) is 5.69 Å². The summed E-state index contributed by atoms with van der Waals surface area (Å²) in [4.78, 5) is 3.77. The highest BCUT2D eigenvalue weighted by Gasteiger charge is 2.25. The molecule has 2 aromatic heterocycles. The van der Waals surface area contributed by atoms with E-state index in [-0.39, 0.29) is 0 Å². The Labute approximate surface area is 200 Å². The van der Waals surface area contributed by atoms with Crippen molar-refractivity contribution >= 4 is 27.6 Å². The van der Waals surface area contributed by atoms with Gasteiger partial charge in [-0.2, -0.15) is 4.57 Å². The number of hydrogen-bond donors (Lipinski definition) is 0. The van der Waals surface area contributed by atoms with Gasteiger partial charge >= 0.3 is 0 Å². The number of aryl methyl sites for hydroxylation is 1. The smallest absolute Gasteiger partial charge is 0.216 e. The fraction of sp³-hybridized carbons (Fsp3) is 0.200. The molecule has 0 aliphatic carbocycles. The van der Waals surface area contributed by atoms with E-state index in [4.69, 9.17) is 16.5 Å². The molecule has 3 aromatic carbocycles. The summed E-state index contributed by atoms with van der Waals surface area (Å²) in [7, 11) is 1.89. The van der Waals surface area contributed by atoms with E-state index in [0.717, 1.165) is 38.7 Å². The van der Waals surface area contributed by atoms with Crippen LogP contribution in [0.2, 0.25) is 0 Å². The zero-order chi connectivity index (χ0) is 26.7. The Kier molecular flexibility index (Phi) is 4.00.